The molecule has 0 aliphatic carbocycles. The number of hydrogen-bond acceptors (Lipinski definition) is 3. The first kappa shape index (κ1) is 29.4. The van der Waals surface area contributed by atoms with Gasteiger partial charge in [0.05, 0.1) is 11.4 Å². The van der Waals surface area contributed by atoms with Crippen molar-refractivity contribution in [2.24, 2.45) is 0 Å². The van der Waals surface area contributed by atoms with Crippen molar-refractivity contribution in [3.63, 3.8) is 0 Å². The summed E-state index contributed by atoms with van der Waals surface area (Å²) in [4.78, 5) is 14.7. The Labute approximate surface area is 291 Å². The molecule has 3 nitrogen and oxygen atoms in total. The minimum absolute atomic E-state index is 0.691. The van der Waals surface area contributed by atoms with Crippen molar-refractivity contribution in [3.05, 3.63) is 188 Å². The number of rotatable bonds is 6. The SMILES string of the molecule is c1ccc(-c2ccc(-c3cc(-c4cc(-c5ccncc5)cc(-c5c6ccccc6cc6ccccc56)c4)nc(-c4ccccc4)n3)cc2)cc1. The predicted molar refractivity (Wildman–Crippen MR) is 207 cm³/mol. The fraction of sp³-hybridized carbons (Fsp3) is 0. The third kappa shape index (κ3) is 5.61. The van der Waals surface area contributed by atoms with Crippen molar-refractivity contribution >= 4 is 21.5 Å². The summed E-state index contributed by atoms with van der Waals surface area (Å²) in [5, 5.41) is 4.87. The number of nitrogens with zero attached hydrogens (tertiary/aromatic N) is 3. The Morgan fingerprint density at radius 1 is 0.300 bits per heavy atom. The summed E-state index contributed by atoms with van der Waals surface area (Å²) in [7, 11) is 0. The molecule has 234 valence electrons. The van der Waals surface area contributed by atoms with Gasteiger partial charge in [0.2, 0.25) is 0 Å². The van der Waals surface area contributed by atoms with Crippen molar-refractivity contribution in [2.45, 2.75) is 0 Å². The second kappa shape index (κ2) is 12.7. The van der Waals surface area contributed by atoms with Crippen LogP contribution >= 0.6 is 0 Å². The molecule has 0 atom stereocenters. The van der Waals surface area contributed by atoms with E-state index in [4.69, 9.17) is 9.97 Å². The van der Waals surface area contributed by atoms with Gasteiger partial charge in [0.25, 0.3) is 0 Å². The maximum absolute atomic E-state index is 5.24. The lowest BCUT2D eigenvalue weighted by atomic mass is 9.89. The zero-order valence-corrected chi connectivity index (χ0v) is 27.2. The highest BCUT2D eigenvalue weighted by Gasteiger charge is 2.16. The summed E-state index contributed by atoms with van der Waals surface area (Å²) in [6.45, 7) is 0. The second-order valence-corrected chi connectivity index (χ2v) is 12.5. The van der Waals surface area contributed by atoms with Crippen molar-refractivity contribution in [3.8, 4) is 67.3 Å². The normalized spacial score (nSPS) is 11.2. The fourth-order valence-corrected chi connectivity index (χ4v) is 6.88. The molecule has 0 unspecified atom stereocenters. The Kier molecular flexibility index (Phi) is 7.49. The molecule has 3 heteroatoms. The van der Waals surface area contributed by atoms with E-state index in [0.717, 1.165) is 44.8 Å². The molecule has 0 radical (unpaired) electrons. The van der Waals surface area contributed by atoms with Crippen LogP contribution in [-0.4, -0.2) is 15.0 Å². The number of hydrogen-bond donors (Lipinski definition) is 0. The van der Waals surface area contributed by atoms with Gasteiger partial charge in [-0.2, -0.15) is 0 Å². The number of aromatic nitrogens is 3. The van der Waals surface area contributed by atoms with Gasteiger partial charge < -0.3 is 0 Å². The van der Waals surface area contributed by atoms with Crippen LogP contribution in [0.1, 0.15) is 0 Å². The molecule has 0 aliphatic heterocycles. The monoisotopic (exact) mass is 637 g/mol. The molecule has 0 saturated heterocycles. The molecular weight excluding hydrogens is 607 g/mol. The highest BCUT2D eigenvalue weighted by molar-refractivity contribution is 6.13. The summed E-state index contributed by atoms with van der Waals surface area (Å²) in [6.07, 6.45) is 3.70. The molecule has 0 aliphatic rings. The van der Waals surface area contributed by atoms with Gasteiger partial charge in [-0.15, -0.1) is 0 Å². The van der Waals surface area contributed by atoms with E-state index in [9.17, 15) is 0 Å². The van der Waals surface area contributed by atoms with Gasteiger partial charge in [-0.1, -0.05) is 133 Å². The molecule has 0 fully saturated rings. The van der Waals surface area contributed by atoms with Crippen molar-refractivity contribution in [2.75, 3.05) is 0 Å². The Morgan fingerprint density at radius 2 is 0.780 bits per heavy atom. The molecule has 2 aromatic heterocycles. The number of pyridine rings is 1. The summed E-state index contributed by atoms with van der Waals surface area (Å²) in [6, 6.07) is 62.1. The van der Waals surface area contributed by atoms with Gasteiger partial charge in [-0.25, -0.2) is 9.97 Å². The average molecular weight is 638 g/mol. The smallest absolute Gasteiger partial charge is 0.160 e. The van der Waals surface area contributed by atoms with Crippen molar-refractivity contribution in [1.82, 2.24) is 15.0 Å². The Hall–Kier alpha value is -6.71. The van der Waals surface area contributed by atoms with E-state index in [-0.39, 0.29) is 0 Å². The molecule has 0 N–H and O–H groups in total. The minimum atomic E-state index is 0.691. The molecule has 9 rings (SSSR count). The largest absolute Gasteiger partial charge is 0.265 e. The van der Waals surface area contributed by atoms with E-state index in [1.165, 1.54) is 38.2 Å². The van der Waals surface area contributed by atoms with Crippen LogP contribution in [0, 0.1) is 0 Å². The molecule has 0 bridgehead atoms. The topological polar surface area (TPSA) is 38.7 Å². The molecule has 9 aromatic rings. The highest BCUT2D eigenvalue weighted by Crippen LogP contribution is 2.40. The molecule has 2 heterocycles. The van der Waals surface area contributed by atoms with Crippen LogP contribution in [0.3, 0.4) is 0 Å². The average Bonchev–Trinajstić information content (AvgIpc) is 3.20. The van der Waals surface area contributed by atoms with Gasteiger partial charge >= 0.3 is 0 Å². The van der Waals surface area contributed by atoms with Crippen LogP contribution in [0.5, 0.6) is 0 Å². The standard InChI is InChI=1S/C47H31N3/c1-3-11-32(12-4-1)33-19-21-35(22-20-33)44-31-45(50-47(49-44)36-13-5-2-6-14-36)40-28-39(34-23-25-48-26-24-34)29-41(30-40)46-42-17-9-7-15-37(42)27-38-16-8-10-18-43(38)46/h1-31H. The van der Waals surface area contributed by atoms with E-state index in [2.05, 4.69) is 157 Å². The third-order valence-electron chi connectivity index (χ3n) is 9.35. The highest BCUT2D eigenvalue weighted by atomic mass is 14.9. The number of fused-ring (bicyclic) bond motifs is 2. The van der Waals surface area contributed by atoms with E-state index in [1.807, 2.05) is 36.7 Å². The maximum Gasteiger partial charge on any atom is 0.160 e. The minimum Gasteiger partial charge on any atom is -0.265 e. The van der Waals surface area contributed by atoms with Crippen LogP contribution in [0.2, 0.25) is 0 Å². The van der Waals surface area contributed by atoms with Gasteiger partial charge in [0.15, 0.2) is 5.82 Å². The van der Waals surface area contributed by atoms with Crippen LogP contribution in [-0.2, 0) is 0 Å². The lowest BCUT2D eigenvalue weighted by Crippen LogP contribution is -1.97. The maximum atomic E-state index is 5.24. The van der Waals surface area contributed by atoms with Crippen LogP contribution in [0.15, 0.2) is 188 Å². The van der Waals surface area contributed by atoms with Crippen LogP contribution in [0.25, 0.3) is 88.8 Å². The predicted octanol–water partition coefficient (Wildman–Crippen LogP) is 12.2. The van der Waals surface area contributed by atoms with Crippen molar-refractivity contribution in [1.29, 1.82) is 0 Å². The summed E-state index contributed by atoms with van der Waals surface area (Å²) in [5.74, 6) is 0.691. The molecule has 0 amide bonds. The van der Waals surface area contributed by atoms with Crippen LogP contribution < -0.4 is 0 Å². The number of benzene rings is 7. The second-order valence-electron chi connectivity index (χ2n) is 12.5. The van der Waals surface area contributed by atoms with E-state index in [0.29, 0.717) is 5.82 Å². The van der Waals surface area contributed by atoms with Crippen LogP contribution in [0.4, 0.5) is 0 Å². The Morgan fingerprint density at radius 3 is 1.44 bits per heavy atom. The van der Waals surface area contributed by atoms with Gasteiger partial charge in [0, 0.05) is 29.1 Å². The molecule has 50 heavy (non-hydrogen) atoms. The Bertz CT molecular complexity index is 2560. The first-order valence-corrected chi connectivity index (χ1v) is 16.8. The van der Waals surface area contributed by atoms with E-state index >= 15 is 0 Å². The molecular formula is C47H31N3. The van der Waals surface area contributed by atoms with Gasteiger partial charge in [-0.3, -0.25) is 4.98 Å². The molecule has 0 spiro atoms. The van der Waals surface area contributed by atoms with Gasteiger partial charge in [0.1, 0.15) is 0 Å². The zero-order valence-electron chi connectivity index (χ0n) is 27.2. The third-order valence-corrected chi connectivity index (χ3v) is 9.35. The lowest BCUT2D eigenvalue weighted by molar-refractivity contribution is 1.18. The first-order chi connectivity index (χ1) is 24.8. The summed E-state index contributed by atoms with van der Waals surface area (Å²) in [5.41, 5.74) is 11.7. The lowest BCUT2D eigenvalue weighted by Gasteiger charge is -2.16. The zero-order chi connectivity index (χ0) is 33.3. The molecule has 0 saturated carbocycles. The summed E-state index contributed by atoms with van der Waals surface area (Å²) < 4.78 is 0. The quantitative estimate of drug-likeness (QED) is 0.170. The van der Waals surface area contributed by atoms with E-state index in [1.54, 1.807) is 0 Å². The summed E-state index contributed by atoms with van der Waals surface area (Å²) >= 11 is 0. The van der Waals surface area contributed by atoms with Crippen molar-refractivity contribution < 1.29 is 0 Å². The first-order valence-electron chi connectivity index (χ1n) is 16.8. The molecule has 7 aromatic carbocycles. The fourth-order valence-electron chi connectivity index (χ4n) is 6.88. The van der Waals surface area contributed by atoms with E-state index < -0.39 is 0 Å². The Balaban J connectivity index is 1.28. The van der Waals surface area contributed by atoms with Gasteiger partial charge in [-0.05, 0) is 97.4 Å².